The molecule has 0 saturated heterocycles. The van der Waals surface area contributed by atoms with E-state index in [1.54, 1.807) is 25.6 Å². The number of halogens is 1. The lowest BCUT2D eigenvalue weighted by Gasteiger charge is -2.09. The number of pyridine rings is 2. The van der Waals surface area contributed by atoms with Crippen LogP contribution in [0.2, 0.25) is 0 Å². The second kappa shape index (κ2) is 6.48. The molecular formula is C15H12BrN5O. The normalized spacial score (nSPS) is 10.3. The van der Waals surface area contributed by atoms with Gasteiger partial charge in [-0.15, -0.1) is 0 Å². The average Bonchev–Trinajstić information content (AvgIpc) is 2.57. The van der Waals surface area contributed by atoms with Gasteiger partial charge in [0.25, 0.3) is 0 Å². The molecule has 0 spiro atoms. The van der Waals surface area contributed by atoms with E-state index in [1.165, 1.54) is 0 Å². The van der Waals surface area contributed by atoms with E-state index in [0.29, 0.717) is 17.6 Å². The number of rotatable bonds is 4. The van der Waals surface area contributed by atoms with E-state index in [9.17, 15) is 0 Å². The fourth-order valence-corrected chi connectivity index (χ4v) is 2.07. The Balaban J connectivity index is 1.97. The minimum Gasteiger partial charge on any atom is -0.437 e. The zero-order valence-corrected chi connectivity index (χ0v) is 13.3. The number of anilines is 1. The molecule has 22 heavy (non-hydrogen) atoms. The molecule has 0 aliphatic rings. The fourth-order valence-electron chi connectivity index (χ4n) is 1.83. The van der Waals surface area contributed by atoms with E-state index in [4.69, 9.17) is 4.74 Å². The van der Waals surface area contributed by atoms with E-state index in [-0.39, 0.29) is 0 Å². The Kier molecular flexibility index (Phi) is 4.24. The zero-order chi connectivity index (χ0) is 15.4. The van der Waals surface area contributed by atoms with Crippen LogP contribution < -0.4 is 10.1 Å². The van der Waals surface area contributed by atoms with Crippen molar-refractivity contribution in [2.75, 3.05) is 12.4 Å². The average molecular weight is 358 g/mol. The molecule has 0 atom stereocenters. The maximum absolute atomic E-state index is 5.82. The van der Waals surface area contributed by atoms with Gasteiger partial charge in [-0.1, -0.05) is 0 Å². The molecule has 0 aromatic carbocycles. The Morgan fingerprint density at radius 2 is 1.95 bits per heavy atom. The van der Waals surface area contributed by atoms with Gasteiger partial charge in [0.15, 0.2) is 0 Å². The van der Waals surface area contributed by atoms with Gasteiger partial charge in [0.2, 0.25) is 11.8 Å². The molecule has 3 rings (SSSR count). The van der Waals surface area contributed by atoms with E-state index < -0.39 is 0 Å². The van der Waals surface area contributed by atoms with Crippen LogP contribution in [0, 0.1) is 0 Å². The number of ether oxygens (including phenoxy) is 1. The first-order valence-corrected chi connectivity index (χ1v) is 7.31. The second-order valence-corrected chi connectivity index (χ2v) is 5.10. The Morgan fingerprint density at radius 3 is 2.73 bits per heavy atom. The lowest BCUT2D eigenvalue weighted by Crippen LogP contribution is -1.98. The third-order valence-corrected chi connectivity index (χ3v) is 3.31. The molecule has 0 amide bonds. The van der Waals surface area contributed by atoms with Gasteiger partial charge in [-0.05, 0) is 46.3 Å². The summed E-state index contributed by atoms with van der Waals surface area (Å²) in [7, 11) is 1.77. The maximum atomic E-state index is 5.82. The number of hydrogen-bond acceptors (Lipinski definition) is 6. The van der Waals surface area contributed by atoms with Crippen LogP contribution >= 0.6 is 15.9 Å². The number of hydrogen-bond donors (Lipinski definition) is 1. The maximum Gasteiger partial charge on any atom is 0.228 e. The quantitative estimate of drug-likeness (QED) is 0.720. The molecule has 0 fully saturated rings. The van der Waals surface area contributed by atoms with Gasteiger partial charge < -0.3 is 10.1 Å². The first-order valence-electron chi connectivity index (χ1n) is 6.52. The van der Waals surface area contributed by atoms with Gasteiger partial charge in [0.1, 0.15) is 10.4 Å². The summed E-state index contributed by atoms with van der Waals surface area (Å²) in [5.41, 5.74) is 1.51. The van der Waals surface area contributed by atoms with Gasteiger partial charge in [-0.3, -0.25) is 0 Å². The minimum atomic E-state index is 0.465. The molecule has 3 heterocycles. The third kappa shape index (κ3) is 3.20. The zero-order valence-electron chi connectivity index (χ0n) is 11.7. The van der Waals surface area contributed by atoms with Crippen molar-refractivity contribution in [3.05, 3.63) is 53.5 Å². The van der Waals surface area contributed by atoms with E-state index in [0.717, 1.165) is 15.9 Å². The van der Waals surface area contributed by atoms with Crippen LogP contribution in [-0.4, -0.2) is 27.0 Å². The van der Waals surface area contributed by atoms with Gasteiger partial charge in [-0.25, -0.2) is 19.9 Å². The van der Waals surface area contributed by atoms with Crippen LogP contribution in [0.25, 0.3) is 11.3 Å². The van der Waals surface area contributed by atoms with Gasteiger partial charge >= 0.3 is 0 Å². The highest BCUT2D eigenvalue weighted by molar-refractivity contribution is 9.10. The molecular weight excluding hydrogens is 346 g/mol. The molecule has 0 bridgehead atoms. The smallest absolute Gasteiger partial charge is 0.228 e. The lowest BCUT2D eigenvalue weighted by molar-refractivity contribution is 0.462. The number of aromatic nitrogens is 4. The highest BCUT2D eigenvalue weighted by Crippen LogP contribution is 2.30. The summed E-state index contributed by atoms with van der Waals surface area (Å²) in [5.74, 6) is 1.61. The SMILES string of the molecule is CNc1nccc(-c2cccnc2Oc2ccc(Br)nc2)n1. The minimum absolute atomic E-state index is 0.465. The molecule has 3 aromatic rings. The summed E-state index contributed by atoms with van der Waals surface area (Å²) in [6.45, 7) is 0. The predicted molar refractivity (Wildman–Crippen MR) is 86.8 cm³/mol. The fraction of sp³-hybridized carbons (Fsp3) is 0.0667. The van der Waals surface area contributed by atoms with Crippen molar-refractivity contribution in [3.8, 4) is 22.9 Å². The van der Waals surface area contributed by atoms with E-state index >= 15 is 0 Å². The molecule has 1 N–H and O–H groups in total. The third-order valence-electron chi connectivity index (χ3n) is 2.84. The van der Waals surface area contributed by atoms with Gasteiger partial charge in [0.05, 0.1) is 17.5 Å². The van der Waals surface area contributed by atoms with Crippen LogP contribution in [0.15, 0.2) is 53.5 Å². The summed E-state index contributed by atoms with van der Waals surface area (Å²) in [6.07, 6.45) is 4.99. The molecule has 0 aliphatic heterocycles. The predicted octanol–water partition coefficient (Wildman–Crippen LogP) is 3.53. The van der Waals surface area contributed by atoms with Crippen LogP contribution in [-0.2, 0) is 0 Å². The van der Waals surface area contributed by atoms with Crippen molar-refractivity contribution in [1.29, 1.82) is 0 Å². The molecule has 0 saturated carbocycles. The molecule has 0 aliphatic carbocycles. The second-order valence-electron chi connectivity index (χ2n) is 4.29. The molecule has 3 aromatic heterocycles. The highest BCUT2D eigenvalue weighted by atomic mass is 79.9. The van der Waals surface area contributed by atoms with Crippen molar-refractivity contribution >= 4 is 21.9 Å². The topological polar surface area (TPSA) is 72.8 Å². The molecule has 6 nitrogen and oxygen atoms in total. The van der Waals surface area contributed by atoms with Crippen molar-refractivity contribution in [3.63, 3.8) is 0 Å². The molecule has 110 valence electrons. The molecule has 7 heteroatoms. The van der Waals surface area contributed by atoms with Crippen molar-refractivity contribution in [2.24, 2.45) is 0 Å². The van der Waals surface area contributed by atoms with Crippen LogP contribution in [0.4, 0.5) is 5.95 Å². The summed E-state index contributed by atoms with van der Waals surface area (Å²) >= 11 is 3.29. The Hall–Kier alpha value is -2.54. The lowest BCUT2D eigenvalue weighted by atomic mass is 10.2. The largest absolute Gasteiger partial charge is 0.437 e. The summed E-state index contributed by atoms with van der Waals surface area (Å²) in [4.78, 5) is 16.9. The number of nitrogens with one attached hydrogen (secondary N) is 1. The summed E-state index contributed by atoms with van der Waals surface area (Å²) < 4.78 is 6.56. The van der Waals surface area contributed by atoms with Crippen molar-refractivity contribution < 1.29 is 4.74 Å². The van der Waals surface area contributed by atoms with Crippen molar-refractivity contribution in [1.82, 2.24) is 19.9 Å². The van der Waals surface area contributed by atoms with Crippen molar-refractivity contribution in [2.45, 2.75) is 0 Å². The number of nitrogens with zero attached hydrogens (tertiary/aromatic N) is 4. The van der Waals surface area contributed by atoms with E-state index in [2.05, 4.69) is 41.2 Å². The van der Waals surface area contributed by atoms with Crippen LogP contribution in [0.1, 0.15) is 0 Å². The van der Waals surface area contributed by atoms with E-state index in [1.807, 2.05) is 30.3 Å². The Bertz CT molecular complexity index is 779. The first-order chi connectivity index (χ1) is 10.8. The molecule has 0 unspecified atom stereocenters. The van der Waals surface area contributed by atoms with Crippen LogP contribution in [0.5, 0.6) is 11.6 Å². The van der Waals surface area contributed by atoms with Crippen LogP contribution in [0.3, 0.4) is 0 Å². The van der Waals surface area contributed by atoms with Gasteiger partial charge in [-0.2, -0.15) is 0 Å². The Labute approximate surface area is 135 Å². The first kappa shape index (κ1) is 14.4. The summed E-state index contributed by atoms with van der Waals surface area (Å²) in [6, 6.07) is 9.17. The van der Waals surface area contributed by atoms with Gasteiger partial charge in [0, 0.05) is 19.4 Å². The molecule has 0 radical (unpaired) electrons. The Morgan fingerprint density at radius 1 is 1.05 bits per heavy atom. The highest BCUT2D eigenvalue weighted by Gasteiger charge is 2.11. The standard InChI is InChI=1S/C15H12BrN5O/c1-17-15-19-8-6-12(21-15)11-3-2-7-18-14(11)22-10-4-5-13(16)20-9-10/h2-9H,1H3,(H,17,19,21). The monoisotopic (exact) mass is 357 g/mol. The summed E-state index contributed by atoms with van der Waals surface area (Å²) in [5, 5.41) is 2.91.